The van der Waals surface area contributed by atoms with Crippen LogP contribution in [0.25, 0.3) is 0 Å². The highest BCUT2D eigenvalue weighted by molar-refractivity contribution is 5.71. The average Bonchev–Trinajstić information content (AvgIpc) is 3.22. The highest BCUT2D eigenvalue weighted by atomic mass is 16.5. The van der Waals surface area contributed by atoms with Gasteiger partial charge in [-0.3, -0.25) is 9.67 Å². The average molecular weight is 442 g/mol. The molecule has 0 N–H and O–H groups in total. The van der Waals surface area contributed by atoms with Gasteiger partial charge in [-0.05, 0) is 32.6 Å². The standard InChI is InChI=1S/C23H31N5O4/c1-15-21(30-2)13-20-18(24-15)5-4-9-27(20)22-17-14-26(23(29)31-3)10-6-19(17)28(25-22)16-7-11-32-12-8-16/h13,16H,4-12,14H2,1-3H3. The minimum absolute atomic E-state index is 0.293. The highest BCUT2D eigenvalue weighted by Crippen LogP contribution is 2.40. The van der Waals surface area contributed by atoms with E-state index in [1.165, 1.54) is 12.8 Å². The van der Waals surface area contributed by atoms with E-state index in [0.717, 1.165) is 86.1 Å². The molecule has 0 unspecified atom stereocenters. The van der Waals surface area contributed by atoms with Gasteiger partial charge >= 0.3 is 6.09 Å². The third kappa shape index (κ3) is 3.58. The van der Waals surface area contributed by atoms with Gasteiger partial charge in [0.1, 0.15) is 5.75 Å². The minimum Gasteiger partial charge on any atom is -0.495 e. The fraction of sp³-hybridized carbons (Fsp3) is 0.609. The maximum atomic E-state index is 12.3. The van der Waals surface area contributed by atoms with Gasteiger partial charge in [0.2, 0.25) is 0 Å². The largest absolute Gasteiger partial charge is 0.495 e. The van der Waals surface area contributed by atoms with Gasteiger partial charge in [-0.2, -0.15) is 5.10 Å². The first-order chi connectivity index (χ1) is 15.6. The first-order valence-electron chi connectivity index (χ1n) is 11.4. The summed E-state index contributed by atoms with van der Waals surface area (Å²) in [5.74, 6) is 1.71. The molecule has 5 heterocycles. The first kappa shape index (κ1) is 21.1. The normalized spacial score (nSPS) is 18.8. The summed E-state index contributed by atoms with van der Waals surface area (Å²) in [6.07, 6.45) is 4.33. The monoisotopic (exact) mass is 441 g/mol. The Morgan fingerprint density at radius 1 is 1.19 bits per heavy atom. The van der Waals surface area contributed by atoms with Gasteiger partial charge in [0.15, 0.2) is 5.82 Å². The van der Waals surface area contributed by atoms with E-state index in [-0.39, 0.29) is 6.09 Å². The molecule has 5 rings (SSSR count). The number of nitrogens with zero attached hydrogens (tertiary/aromatic N) is 5. The second-order valence-corrected chi connectivity index (χ2v) is 8.68. The van der Waals surface area contributed by atoms with Crippen molar-refractivity contribution in [2.75, 3.05) is 45.4 Å². The number of fused-ring (bicyclic) bond motifs is 2. The zero-order chi connectivity index (χ0) is 22.2. The van der Waals surface area contributed by atoms with E-state index in [9.17, 15) is 4.79 Å². The van der Waals surface area contributed by atoms with E-state index in [2.05, 4.69) is 15.6 Å². The molecule has 1 amide bonds. The number of amides is 1. The van der Waals surface area contributed by atoms with Gasteiger partial charge < -0.3 is 24.0 Å². The Hall–Kier alpha value is -2.81. The number of pyridine rings is 1. The van der Waals surface area contributed by atoms with Gasteiger partial charge in [-0.15, -0.1) is 0 Å². The van der Waals surface area contributed by atoms with Crippen molar-refractivity contribution < 1.29 is 19.0 Å². The molecular weight excluding hydrogens is 410 g/mol. The number of aryl methyl sites for hydroxylation is 2. The molecular formula is C23H31N5O4. The zero-order valence-electron chi connectivity index (χ0n) is 19.1. The van der Waals surface area contributed by atoms with E-state index < -0.39 is 0 Å². The van der Waals surface area contributed by atoms with Gasteiger partial charge in [-0.25, -0.2) is 4.79 Å². The Bertz CT molecular complexity index is 1010. The fourth-order valence-electron chi connectivity index (χ4n) is 5.16. The van der Waals surface area contributed by atoms with E-state index in [4.69, 9.17) is 24.3 Å². The molecule has 32 heavy (non-hydrogen) atoms. The second kappa shape index (κ2) is 8.61. The van der Waals surface area contributed by atoms with Gasteiger partial charge in [0, 0.05) is 50.0 Å². The lowest BCUT2D eigenvalue weighted by Gasteiger charge is -2.32. The SMILES string of the molecule is COC(=O)N1CCc2c(c(N3CCCc4nc(C)c(OC)cc43)nn2C2CCOCC2)C1. The molecule has 0 atom stereocenters. The maximum absolute atomic E-state index is 12.3. The molecule has 2 aromatic rings. The smallest absolute Gasteiger partial charge is 0.409 e. The lowest BCUT2D eigenvalue weighted by molar-refractivity contribution is 0.0649. The van der Waals surface area contributed by atoms with Crippen LogP contribution in [0.3, 0.4) is 0 Å². The molecule has 0 radical (unpaired) electrons. The number of hydrogen-bond donors (Lipinski definition) is 0. The molecule has 1 fully saturated rings. The number of rotatable bonds is 3. The topological polar surface area (TPSA) is 82.0 Å². The van der Waals surface area contributed by atoms with Gasteiger partial charge in [0.25, 0.3) is 0 Å². The van der Waals surface area contributed by atoms with E-state index >= 15 is 0 Å². The quantitative estimate of drug-likeness (QED) is 0.724. The Labute approximate surface area is 188 Å². The molecule has 1 saturated heterocycles. The van der Waals surface area contributed by atoms with Crippen molar-refractivity contribution in [3.63, 3.8) is 0 Å². The third-order valence-electron chi connectivity index (χ3n) is 6.82. The zero-order valence-corrected chi connectivity index (χ0v) is 19.1. The molecule has 2 aromatic heterocycles. The Kier molecular flexibility index (Phi) is 5.67. The molecule has 172 valence electrons. The van der Waals surface area contributed by atoms with E-state index in [1.807, 2.05) is 6.92 Å². The number of ether oxygens (including phenoxy) is 3. The van der Waals surface area contributed by atoms with Crippen LogP contribution in [0.2, 0.25) is 0 Å². The number of carbonyl (C=O) groups excluding carboxylic acids is 1. The summed E-state index contributed by atoms with van der Waals surface area (Å²) in [5.41, 5.74) is 5.37. The lowest BCUT2D eigenvalue weighted by atomic mass is 10.0. The van der Waals surface area contributed by atoms with Crippen molar-refractivity contribution in [1.82, 2.24) is 19.7 Å². The predicted molar refractivity (Wildman–Crippen MR) is 119 cm³/mol. The summed E-state index contributed by atoms with van der Waals surface area (Å²) in [7, 11) is 3.12. The van der Waals surface area contributed by atoms with Crippen LogP contribution in [-0.2, 0) is 28.9 Å². The van der Waals surface area contributed by atoms with Crippen molar-refractivity contribution >= 4 is 17.6 Å². The summed E-state index contributed by atoms with van der Waals surface area (Å²) in [4.78, 5) is 21.2. The number of aromatic nitrogens is 3. The first-order valence-corrected chi connectivity index (χ1v) is 11.4. The van der Waals surface area contributed by atoms with Crippen LogP contribution in [-0.4, -0.2) is 66.3 Å². The summed E-state index contributed by atoms with van der Waals surface area (Å²) >= 11 is 0. The number of methoxy groups -OCH3 is 2. The van der Waals surface area contributed by atoms with Crippen molar-refractivity contribution in [2.45, 2.75) is 51.6 Å². The van der Waals surface area contributed by atoms with Gasteiger partial charge in [-0.1, -0.05) is 0 Å². The third-order valence-corrected chi connectivity index (χ3v) is 6.82. The molecule has 0 aromatic carbocycles. The maximum Gasteiger partial charge on any atom is 0.409 e. The van der Waals surface area contributed by atoms with Crippen LogP contribution in [0.15, 0.2) is 6.07 Å². The molecule has 0 bridgehead atoms. The van der Waals surface area contributed by atoms with Crippen LogP contribution in [0.1, 0.15) is 47.9 Å². The minimum atomic E-state index is -0.293. The van der Waals surface area contributed by atoms with Crippen LogP contribution in [0.4, 0.5) is 16.3 Å². The Morgan fingerprint density at radius 3 is 2.75 bits per heavy atom. The predicted octanol–water partition coefficient (Wildman–Crippen LogP) is 3.16. The Morgan fingerprint density at radius 2 is 2.00 bits per heavy atom. The van der Waals surface area contributed by atoms with E-state index in [1.54, 1.807) is 12.0 Å². The summed E-state index contributed by atoms with van der Waals surface area (Å²) in [6.45, 7) is 5.50. The Balaban J connectivity index is 1.60. The lowest BCUT2D eigenvalue weighted by Crippen LogP contribution is -2.37. The number of anilines is 2. The summed E-state index contributed by atoms with van der Waals surface area (Å²) in [6, 6.07) is 2.41. The fourth-order valence-corrected chi connectivity index (χ4v) is 5.16. The van der Waals surface area contributed by atoms with Crippen molar-refractivity contribution in [3.8, 4) is 5.75 Å². The molecule has 0 saturated carbocycles. The molecule has 9 nitrogen and oxygen atoms in total. The van der Waals surface area contributed by atoms with Crippen LogP contribution in [0.5, 0.6) is 5.75 Å². The van der Waals surface area contributed by atoms with Gasteiger partial charge in [0.05, 0.1) is 43.9 Å². The molecule has 3 aliphatic heterocycles. The van der Waals surface area contributed by atoms with Crippen molar-refractivity contribution in [1.29, 1.82) is 0 Å². The molecule has 0 aliphatic carbocycles. The summed E-state index contributed by atoms with van der Waals surface area (Å²) in [5, 5.41) is 5.18. The van der Waals surface area contributed by atoms with Crippen molar-refractivity contribution in [2.24, 2.45) is 0 Å². The van der Waals surface area contributed by atoms with Crippen LogP contribution >= 0.6 is 0 Å². The second-order valence-electron chi connectivity index (χ2n) is 8.68. The van der Waals surface area contributed by atoms with Crippen molar-refractivity contribution in [3.05, 3.63) is 28.7 Å². The summed E-state index contributed by atoms with van der Waals surface area (Å²) < 4.78 is 18.4. The molecule has 0 spiro atoms. The van der Waals surface area contributed by atoms with Crippen LogP contribution in [0, 0.1) is 6.92 Å². The molecule has 9 heteroatoms. The number of carbonyl (C=O) groups is 1. The van der Waals surface area contributed by atoms with E-state index in [0.29, 0.717) is 19.1 Å². The number of hydrogen-bond acceptors (Lipinski definition) is 7. The molecule has 3 aliphatic rings. The highest BCUT2D eigenvalue weighted by Gasteiger charge is 2.34. The van der Waals surface area contributed by atoms with Crippen LogP contribution < -0.4 is 9.64 Å².